The van der Waals surface area contributed by atoms with Crippen LogP contribution < -0.4 is 20.4 Å². The average Bonchev–Trinajstić information content (AvgIpc) is 3.18. The number of hydrogen-bond donors (Lipinski definition) is 2. The maximum Gasteiger partial charge on any atom is 0.303 e. The van der Waals surface area contributed by atoms with Gasteiger partial charge in [-0.3, -0.25) is 0 Å². The van der Waals surface area contributed by atoms with Crippen LogP contribution in [0.5, 0.6) is 0 Å². The van der Waals surface area contributed by atoms with Crippen LogP contribution in [-0.2, 0) is 0 Å². The van der Waals surface area contributed by atoms with E-state index >= 15 is 0 Å². The molecule has 1 unspecified atom stereocenters. The van der Waals surface area contributed by atoms with Crippen LogP contribution in [0.3, 0.4) is 0 Å². The van der Waals surface area contributed by atoms with E-state index in [9.17, 15) is 8.78 Å². The van der Waals surface area contributed by atoms with E-state index < -0.39 is 6.05 Å². The second kappa shape index (κ2) is 10.3. The third-order valence-electron chi connectivity index (χ3n) is 5.83. The Morgan fingerprint density at radius 3 is 2.76 bits per heavy atom. The molecule has 1 fully saturated rings. The quantitative estimate of drug-likeness (QED) is 0.292. The molecule has 2 bridgehead atoms. The number of anilines is 2. The zero-order chi connectivity index (χ0) is 24.2. The van der Waals surface area contributed by atoms with Gasteiger partial charge in [-0.1, -0.05) is 27.0 Å². The van der Waals surface area contributed by atoms with Gasteiger partial charge in [-0.25, -0.2) is 14.9 Å². The Balaban J connectivity index is 1.84. The van der Waals surface area contributed by atoms with Crippen LogP contribution >= 0.6 is 0 Å². The number of nitrogens with zero attached hydrogens (tertiary/aromatic N) is 5. The fourth-order valence-corrected chi connectivity index (χ4v) is 3.90. The fourth-order valence-electron chi connectivity index (χ4n) is 3.90. The molecule has 1 aromatic rings. The van der Waals surface area contributed by atoms with Crippen molar-refractivity contribution in [2.24, 2.45) is 4.99 Å². The second-order valence-corrected chi connectivity index (χ2v) is 8.44. The van der Waals surface area contributed by atoms with Gasteiger partial charge in [-0.05, 0) is 44.5 Å². The fraction of sp³-hybridized carbons (Fsp3) is 0.500. The zero-order valence-electron chi connectivity index (χ0n) is 20.0. The number of pyridine rings is 1. The largest absolute Gasteiger partial charge is 0.371 e. The lowest BCUT2D eigenvalue weighted by molar-refractivity contribution is -0.118. The molecule has 1 atom stereocenters. The Morgan fingerprint density at radius 2 is 2.09 bits per heavy atom. The highest BCUT2D eigenvalue weighted by atomic mass is 19.3. The number of alkyl halides is 2. The SMILES string of the molecule is C=C(NCN(C)C(C)(F)F)c1ccc2c(n1)N(C(=C)NC(=C/CC)/N=C\CC)C1CCN2C1. The lowest BCUT2D eigenvalue weighted by atomic mass is 10.1. The molecular formula is C24H35F2N7. The first-order valence-corrected chi connectivity index (χ1v) is 11.4. The minimum Gasteiger partial charge on any atom is -0.371 e. The molecule has 1 saturated heterocycles. The molecule has 3 rings (SSSR count). The minimum atomic E-state index is -2.92. The van der Waals surface area contributed by atoms with Gasteiger partial charge in [0.25, 0.3) is 0 Å². The first-order chi connectivity index (χ1) is 15.7. The van der Waals surface area contributed by atoms with Gasteiger partial charge in [0.05, 0.1) is 29.8 Å². The molecule has 3 heterocycles. The van der Waals surface area contributed by atoms with E-state index in [0.717, 1.165) is 61.5 Å². The summed E-state index contributed by atoms with van der Waals surface area (Å²) in [5.41, 5.74) is 2.12. The highest BCUT2D eigenvalue weighted by molar-refractivity contribution is 5.76. The van der Waals surface area contributed by atoms with Gasteiger partial charge in [-0.2, -0.15) is 8.78 Å². The van der Waals surface area contributed by atoms with Crippen molar-refractivity contribution in [1.29, 1.82) is 0 Å². The first-order valence-electron chi connectivity index (χ1n) is 11.4. The van der Waals surface area contributed by atoms with Crippen molar-refractivity contribution >= 4 is 23.4 Å². The molecule has 9 heteroatoms. The van der Waals surface area contributed by atoms with Crippen LogP contribution in [0.15, 0.2) is 48.0 Å². The summed E-state index contributed by atoms with van der Waals surface area (Å²) in [5, 5.41) is 6.32. The summed E-state index contributed by atoms with van der Waals surface area (Å²) in [6, 6.07) is 1.21. The van der Waals surface area contributed by atoms with Crippen LogP contribution in [0.25, 0.3) is 5.70 Å². The van der Waals surface area contributed by atoms with Crippen LogP contribution in [0.2, 0.25) is 0 Å². The van der Waals surface area contributed by atoms with Crippen LogP contribution in [0, 0.1) is 0 Å². The number of hydrogen-bond acceptors (Lipinski definition) is 7. The lowest BCUT2D eigenvalue weighted by Crippen LogP contribution is -2.45. The molecular weight excluding hydrogens is 424 g/mol. The Morgan fingerprint density at radius 1 is 1.33 bits per heavy atom. The molecule has 0 amide bonds. The van der Waals surface area contributed by atoms with Crippen molar-refractivity contribution in [2.45, 2.75) is 52.1 Å². The summed E-state index contributed by atoms with van der Waals surface area (Å²) in [6.45, 7) is 15.1. The maximum atomic E-state index is 13.5. The second-order valence-electron chi connectivity index (χ2n) is 8.44. The summed E-state index contributed by atoms with van der Waals surface area (Å²) < 4.78 is 26.9. The van der Waals surface area contributed by atoms with Crippen LogP contribution in [0.4, 0.5) is 20.3 Å². The summed E-state index contributed by atoms with van der Waals surface area (Å²) >= 11 is 0. The molecule has 7 nitrogen and oxygen atoms in total. The molecule has 0 radical (unpaired) electrons. The van der Waals surface area contributed by atoms with E-state index in [4.69, 9.17) is 4.98 Å². The number of fused-ring (bicyclic) bond motifs is 4. The summed E-state index contributed by atoms with van der Waals surface area (Å²) in [7, 11) is 1.35. The Kier molecular flexibility index (Phi) is 7.73. The van der Waals surface area contributed by atoms with Crippen molar-refractivity contribution in [3.05, 3.63) is 48.7 Å². The Bertz CT molecular complexity index is 935. The summed E-state index contributed by atoms with van der Waals surface area (Å²) in [4.78, 5) is 14.7. The monoisotopic (exact) mass is 459 g/mol. The number of allylic oxidation sites excluding steroid dienone is 1. The number of rotatable bonds is 11. The molecule has 0 aromatic carbocycles. The lowest BCUT2D eigenvalue weighted by Gasteiger charge is -2.38. The summed E-state index contributed by atoms with van der Waals surface area (Å²) in [6.07, 6.45) is 6.58. The van der Waals surface area contributed by atoms with Crippen molar-refractivity contribution < 1.29 is 8.78 Å². The average molecular weight is 460 g/mol. The molecule has 180 valence electrons. The van der Waals surface area contributed by atoms with E-state index in [2.05, 4.69) is 45.5 Å². The van der Waals surface area contributed by atoms with Gasteiger partial charge in [0.15, 0.2) is 5.82 Å². The number of nitrogens with one attached hydrogen (secondary N) is 2. The first kappa shape index (κ1) is 24.7. The van der Waals surface area contributed by atoms with Gasteiger partial charge in [0, 0.05) is 26.2 Å². The molecule has 2 N–H and O–H groups in total. The molecule has 2 aliphatic heterocycles. The summed E-state index contributed by atoms with van der Waals surface area (Å²) in [5.74, 6) is 2.26. The van der Waals surface area contributed by atoms with E-state index in [1.807, 2.05) is 31.3 Å². The van der Waals surface area contributed by atoms with Crippen LogP contribution in [-0.4, -0.2) is 55.0 Å². The van der Waals surface area contributed by atoms with E-state index in [1.165, 1.54) is 7.05 Å². The predicted molar refractivity (Wildman–Crippen MR) is 132 cm³/mol. The highest BCUT2D eigenvalue weighted by Gasteiger charge is 2.38. The van der Waals surface area contributed by atoms with Gasteiger partial charge >= 0.3 is 6.05 Å². The van der Waals surface area contributed by atoms with E-state index in [1.54, 1.807) is 0 Å². The zero-order valence-corrected chi connectivity index (χ0v) is 20.0. The standard InChI is InChI=1S/C24H35F2N7/c1-7-9-22(27-13-8-2)29-18(4)33-19-12-14-32(15-19)21-11-10-20(30-23(21)33)17(3)28-16-31(6)24(5,25)26/h9-11,13,19,28-29H,3-4,7-8,12,14-16H2,1-2,5-6H3/b22-9+,27-13-. The molecule has 0 saturated carbocycles. The molecule has 1 aromatic heterocycles. The van der Waals surface area contributed by atoms with Gasteiger partial charge < -0.3 is 20.4 Å². The highest BCUT2D eigenvalue weighted by Crippen LogP contribution is 2.40. The predicted octanol–water partition coefficient (Wildman–Crippen LogP) is 4.34. The third-order valence-corrected chi connectivity index (χ3v) is 5.83. The molecule has 33 heavy (non-hydrogen) atoms. The van der Waals surface area contributed by atoms with Gasteiger partial charge in [-0.15, -0.1) is 0 Å². The number of halogens is 2. The van der Waals surface area contributed by atoms with Gasteiger partial charge in [0.1, 0.15) is 11.6 Å². The van der Waals surface area contributed by atoms with Crippen molar-refractivity contribution in [1.82, 2.24) is 20.5 Å². The molecule has 2 aliphatic rings. The van der Waals surface area contributed by atoms with Gasteiger partial charge in [0.2, 0.25) is 0 Å². The Hall–Kier alpha value is -2.94. The van der Waals surface area contributed by atoms with Crippen LogP contribution in [0.1, 0.15) is 45.7 Å². The Labute approximate surface area is 195 Å². The van der Waals surface area contributed by atoms with Crippen molar-refractivity contribution in [3.63, 3.8) is 0 Å². The van der Waals surface area contributed by atoms with Crippen molar-refractivity contribution in [3.8, 4) is 0 Å². The maximum absolute atomic E-state index is 13.5. The topological polar surface area (TPSA) is 59.0 Å². The molecule has 0 aliphatic carbocycles. The van der Waals surface area contributed by atoms with E-state index in [0.29, 0.717) is 17.2 Å². The number of aromatic nitrogens is 1. The van der Waals surface area contributed by atoms with Crippen molar-refractivity contribution in [2.75, 3.05) is 36.6 Å². The third kappa shape index (κ3) is 5.71. The number of aliphatic imine (C=N–C) groups is 1. The molecule has 0 spiro atoms. The smallest absolute Gasteiger partial charge is 0.303 e. The van der Waals surface area contributed by atoms with E-state index in [-0.39, 0.29) is 12.7 Å². The minimum absolute atomic E-state index is 0.0472. The normalized spacial score (nSPS) is 18.2.